The van der Waals surface area contributed by atoms with Gasteiger partial charge in [-0.25, -0.2) is 13.6 Å². The first-order chi connectivity index (χ1) is 23.1. The van der Waals surface area contributed by atoms with Gasteiger partial charge >= 0.3 is 18.6 Å². The van der Waals surface area contributed by atoms with Crippen LogP contribution < -0.4 is 26.4 Å². The highest BCUT2D eigenvalue weighted by Gasteiger charge is 2.33. The first-order valence-electron chi connectivity index (χ1n) is 14.9. The number of alkyl carbamates (subject to hydrolysis) is 1. The Morgan fingerprint density at radius 2 is 1.61 bits per heavy atom. The van der Waals surface area contributed by atoms with Gasteiger partial charge in [-0.3, -0.25) is 4.79 Å². The van der Waals surface area contributed by atoms with Gasteiger partial charge in [-0.2, -0.15) is 13.2 Å². The smallest absolute Gasteiger partial charge is 0.448 e. The first kappa shape index (κ1) is 37.3. The highest BCUT2D eigenvalue weighted by Crippen LogP contribution is 2.32. The van der Waals surface area contributed by atoms with Crippen molar-refractivity contribution in [2.24, 2.45) is 5.73 Å². The summed E-state index contributed by atoms with van der Waals surface area (Å²) >= 11 is 0. The third-order valence-electron chi connectivity index (χ3n) is 7.47. The number of benzene rings is 3. The molecule has 0 unspecified atom stereocenters. The molecule has 0 bridgehead atoms. The number of alkyl halides is 6. The molecule has 0 aromatic heterocycles. The fourth-order valence-electron chi connectivity index (χ4n) is 5.12. The molecule has 3 aromatic carbocycles. The van der Waals surface area contributed by atoms with Gasteiger partial charge in [0, 0.05) is 23.7 Å². The number of anilines is 1. The van der Waals surface area contributed by atoms with Gasteiger partial charge in [0.1, 0.15) is 30.5 Å². The number of rotatable bonds is 12. The van der Waals surface area contributed by atoms with Crippen LogP contribution >= 0.6 is 0 Å². The highest BCUT2D eigenvalue weighted by molar-refractivity contribution is 5.96. The van der Waals surface area contributed by atoms with Crippen LogP contribution in [0.5, 0.6) is 5.75 Å². The molecular weight excluding hydrogens is 672 g/mol. The van der Waals surface area contributed by atoms with Crippen molar-refractivity contribution < 1.29 is 58.9 Å². The fourth-order valence-corrected chi connectivity index (χ4v) is 5.12. The number of carbonyl (C=O) groups is 2. The maximum Gasteiger partial charge on any atom is 0.573 e. The number of hydrogen-bond acceptors (Lipinski definition) is 7. The third kappa shape index (κ3) is 11.6. The standard InChI is InChI=1S/C32H32F8N4O5/c33-20-8-4-18(5-9-20)27(19-6-10-22(11-7-19)49-32(38,39)40)28(41)29(45)44-26-3-1-2-25(34)24(26)13-12-23-14-42-21(15-47-23)16-48-30(46)43-17-31(35,36)37/h1-11,21,23,27-28,42H,12-17,41H2,(H,43,46)(H,44,45)/t21-,23+,27-,28-/m0/s1. The summed E-state index contributed by atoms with van der Waals surface area (Å²) in [5.74, 6) is -3.39. The van der Waals surface area contributed by atoms with E-state index in [0.29, 0.717) is 11.1 Å². The van der Waals surface area contributed by atoms with Crippen LogP contribution in [0.4, 0.5) is 45.6 Å². The van der Waals surface area contributed by atoms with Crippen molar-refractivity contribution in [1.29, 1.82) is 0 Å². The van der Waals surface area contributed by atoms with Gasteiger partial charge in [0.25, 0.3) is 0 Å². The van der Waals surface area contributed by atoms with Crippen LogP contribution in [0.2, 0.25) is 0 Å². The van der Waals surface area contributed by atoms with Gasteiger partial charge in [-0.15, -0.1) is 13.2 Å². The summed E-state index contributed by atoms with van der Waals surface area (Å²) in [6, 6.07) is 12.0. The molecule has 9 nitrogen and oxygen atoms in total. The Kier molecular flexibility index (Phi) is 12.4. The number of carbonyl (C=O) groups excluding carboxylic acids is 2. The van der Waals surface area contributed by atoms with Crippen LogP contribution in [-0.2, 0) is 20.7 Å². The molecule has 0 aliphatic carbocycles. The van der Waals surface area contributed by atoms with E-state index in [1.807, 2.05) is 0 Å². The minimum absolute atomic E-state index is 0.0566. The van der Waals surface area contributed by atoms with Crippen LogP contribution in [-0.4, -0.2) is 69.0 Å². The van der Waals surface area contributed by atoms with Gasteiger partial charge in [-0.1, -0.05) is 30.3 Å². The minimum Gasteiger partial charge on any atom is -0.448 e. The Morgan fingerprint density at radius 3 is 2.20 bits per heavy atom. The molecule has 4 atom stereocenters. The van der Waals surface area contributed by atoms with Crippen molar-refractivity contribution in [2.45, 2.75) is 49.5 Å². The molecule has 0 radical (unpaired) electrons. The summed E-state index contributed by atoms with van der Waals surface area (Å²) in [5, 5.41) is 7.28. The third-order valence-corrected chi connectivity index (χ3v) is 7.47. The van der Waals surface area contributed by atoms with Gasteiger partial charge in [0.15, 0.2) is 0 Å². The van der Waals surface area contributed by atoms with E-state index in [4.69, 9.17) is 15.2 Å². The Labute approximate surface area is 275 Å². The Balaban J connectivity index is 1.38. The predicted octanol–water partition coefficient (Wildman–Crippen LogP) is 5.54. The second-order valence-corrected chi connectivity index (χ2v) is 11.1. The topological polar surface area (TPSA) is 124 Å². The van der Waals surface area contributed by atoms with Crippen molar-refractivity contribution in [1.82, 2.24) is 10.6 Å². The van der Waals surface area contributed by atoms with E-state index in [1.165, 1.54) is 42.5 Å². The Hall–Kier alpha value is -4.48. The molecule has 4 rings (SSSR count). The zero-order valence-electron chi connectivity index (χ0n) is 25.5. The number of morpholine rings is 1. The monoisotopic (exact) mass is 704 g/mol. The van der Waals surface area contributed by atoms with Gasteiger partial charge in [0.2, 0.25) is 5.91 Å². The summed E-state index contributed by atoms with van der Waals surface area (Å²) in [4.78, 5) is 24.9. The molecule has 1 aliphatic rings. The SMILES string of the molecule is N[C@H](C(=O)Nc1cccc(F)c1CC[C@@H]1CN[C@H](COC(=O)NCC(F)(F)F)CO1)[C@@H](c1ccc(F)cc1)c1ccc(OC(F)(F)F)cc1. The lowest BCUT2D eigenvalue weighted by molar-refractivity contribution is -0.274. The lowest BCUT2D eigenvalue weighted by atomic mass is 9.85. The molecule has 49 heavy (non-hydrogen) atoms. The largest absolute Gasteiger partial charge is 0.573 e. The molecule has 1 aliphatic heterocycles. The summed E-state index contributed by atoms with van der Waals surface area (Å²) < 4.78 is 118. The summed E-state index contributed by atoms with van der Waals surface area (Å²) in [6.07, 6.45) is -10.8. The quantitative estimate of drug-likeness (QED) is 0.183. The number of ether oxygens (including phenoxy) is 3. The highest BCUT2D eigenvalue weighted by atomic mass is 19.4. The fraction of sp³-hybridized carbons (Fsp3) is 0.375. The van der Waals surface area contributed by atoms with E-state index in [9.17, 15) is 40.3 Å². The predicted molar refractivity (Wildman–Crippen MR) is 160 cm³/mol. The molecule has 3 aromatic rings. The molecular formula is C32H32F8N4O5. The minimum atomic E-state index is -4.92. The second kappa shape index (κ2) is 16.3. The van der Waals surface area contributed by atoms with Crippen LogP contribution in [0.15, 0.2) is 66.7 Å². The van der Waals surface area contributed by atoms with Crippen LogP contribution in [0.3, 0.4) is 0 Å². The maximum absolute atomic E-state index is 15.0. The van der Waals surface area contributed by atoms with Crippen molar-refractivity contribution in [3.8, 4) is 5.75 Å². The molecule has 2 amide bonds. The Morgan fingerprint density at radius 1 is 0.959 bits per heavy atom. The van der Waals surface area contributed by atoms with Crippen LogP contribution in [0.1, 0.15) is 29.0 Å². The van der Waals surface area contributed by atoms with Crippen molar-refractivity contribution >= 4 is 17.7 Å². The molecule has 266 valence electrons. The normalized spacial score (nSPS) is 17.9. The number of hydrogen-bond donors (Lipinski definition) is 4. The number of amides is 2. The van der Waals surface area contributed by atoms with Gasteiger partial charge in [-0.05, 0) is 60.4 Å². The van der Waals surface area contributed by atoms with Crippen LogP contribution in [0.25, 0.3) is 0 Å². The van der Waals surface area contributed by atoms with E-state index in [2.05, 4.69) is 15.4 Å². The maximum atomic E-state index is 15.0. The van der Waals surface area contributed by atoms with E-state index in [0.717, 1.165) is 24.3 Å². The van der Waals surface area contributed by atoms with E-state index in [1.54, 1.807) is 5.32 Å². The van der Waals surface area contributed by atoms with Crippen molar-refractivity contribution in [2.75, 3.05) is 31.6 Å². The summed E-state index contributed by atoms with van der Waals surface area (Å²) in [7, 11) is 0. The molecule has 5 N–H and O–H groups in total. The van der Waals surface area contributed by atoms with Gasteiger partial charge in [0.05, 0.1) is 24.8 Å². The van der Waals surface area contributed by atoms with E-state index >= 15 is 4.39 Å². The van der Waals surface area contributed by atoms with Gasteiger partial charge < -0.3 is 35.9 Å². The zero-order chi connectivity index (χ0) is 35.8. The summed E-state index contributed by atoms with van der Waals surface area (Å²) in [5.41, 5.74) is 7.38. The lowest BCUT2D eigenvalue weighted by Gasteiger charge is -2.30. The Bertz CT molecular complexity index is 1550. The lowest BCUT2D eigenvalue weighted by Crippen LogP contribution is -2.49. The molecule has 1 fully saturated rings. The zero-order valence-corrected chi connectivity index (χ0v) is 25.5. The second-order valence-electron chi connectivity index (χ2n) is 11.1. The first-order valence-corrected chi connectivity index (χ1v) is 14.9. The summed E-state index contributed by atoms with van der Waals surface area (Å²) in [6.45, 7) is -1.46. The number of nitrogens with one attached hydrogen (secondary N) is 3. The number of halogens is 8. The van der Waals surface area contributed by atoms with E-state index < -0.39 is 72.6 Å². The molecule has 1 saturated heterocycles. The molecule has 17 heteroatoms. The van der Waals surface area contributed by atoms with Crippen molar-refractivity contribution in [3.63, 3.8) is 0 Å². The molecule has 0 saturated carbocycles. The average Bonchev–Trinajstić information content (AvgIpc) is 3.03. The molecule has 1 heterocycles. The van der Waals surface area contributed by atoms with Crippen molar-refractivity contribution in [3.05, 3.63) is 95.1 Å². The molecule has 0 spiro atoms. The number of nitrogens with two attached hydrogens (primary N) is 1. The average molecular weight is 705 g/mol. The van der Waals surface area contributed by atoms with Crippen LogP contribution in [0, 0.1) is 11.6 Å². The van der Waals surface area contributed by atoms with E-state index in [-0.39, 0.29) is 43.9 Å².